The van der Waals surface area contributed by atoms with E-state index in [1.807, 2.05) is 0 Å². The average Bonchev–Trinajstić information content (AvgIpc) is 3.14. The molecule has 26 heavy (non-hydrogen) atoms. The fourth-order valence-corrected chi connectivity index (χ4v) is 6.12. The van der Waals surface area contributed by atoms with Crippen LogP contribution in [0.2, 0.25) is 0 Å². The minimum absolute atomic E-state index is 0.0176. The van der Waals surface area contributed by atoms with Gasteiger partial charge in [-0.1, -0.05) is 6.42 Å². The van der Waals surface area contributed by atoms with Gasteiger partial charge in [0.05, 0.1) is 23.0 Å². The number of ether oxygens (including phenoxy) is 1. The standard InChI is InChI=1S/C18H23NO6S/c1-11-7-13(16(20)25-3)8-15(12(11)2)26(23,24)19-9-14-5-4-6-18(14,10-19)17(21)22/h7-8,14H,4-6,9-10H2,1-3H3,(H,21,22)/t14-,18+/m0/s1. The third-order valence-corrected chi connectivity index (χ3v) is 7.86. The molecule has 0 aromatic heterocycles. The molecule has 2 aliphatic rings. The SMILES string of the molecule is COC(=O)c1cc(C)c(C)c(S(=O)(=O)N2C[C@@H]3CCC[C@@]3(C(=O)O)C2)c1. The fraction of sp³-hybridized carbons (Fsp3) is 0.556. The van der Waals surface area contributed by atoms with Gasteiger partial charge in [-0.05, 0) is 55.9 Å². The smallest absolute Gasteiger partial charge is 0.337 e. The number of carbonyl (C=O) groups excluding carboxylic acids is 1. The highest BCUT2D eigenvalue weighted by molar-refractivity contribution is 7.89. The molecule has 1 aromatic carbocycles. The number of sulfonamides is 1. The largest absolute Gasteiger partial charge is 0.481 e. The van der Waals surface area contributed by atoms with Gasteiger partial charge in [0.1, 0.15) is 0 Å². The Bertz CT molecular complexity index is 878. The maximum Gasteiger partial charge on any atom is 0.337 e. The third-order valence-electron chi connectivity index (χ3n) is 5.92. The summed E-state index contributed by atoms with van der Waals surface area (Å²) in [6.45, 7) is 3.61. The lowest BCUT2D eigenvalue weighted by Crippen LogP contribution is -2.37. The van der Waals surface area contributed by atoms with Crippen molar-refractivity contribution in [1.82, 2.24) is 4.31 Å². The molecule has 0 amide bonds. The number of carbonyl (C=O) groups is 2. The molecule has 1 aromatic rings. The van der Waals surface area contributed by atoms with E-state index in [0.717, 1.165) is 12.8 Å². The number of esters is 1. The van der Waals surface area contributed by atoms with Crippen LogP contribution in [-0.2, 0) is 19.6 Å². The number of benzene rings is 1. The van der Waals surface area contributed by atoms with Gasteiger partial charge in [0, 0.05) is 13.1 Å². The van der Waals surface area contributed by atoms with Gasteiger partial charge in [-0.3, -0.25) is 4.79 Å². The molecule has 1 N–H and O–H groups in total. The Hall–Kier alpha value is -1.93. The summed E-state index contributed by atoms with van der Waals surface area (Å²) in [5.41, 5.74) is 0.398. The quantitative estimate of drug-likeness (QED) is 0.800. The molecule has 142 valence electrons. The van der Waals surface area contributed by atoms with Crippen molar-refractivity contribution in [2.45, 2.75) is 38.0 Å². The summed E-state index contributed by atoms with van der Waals surface area (Å²) in [4.78, 5) is 23.7. The first kappa shape index (κ1) is 18.8. The minimum Gasteiger partial charge on any atom is -0.481 e. The predicted octanol–water partition coefficient (Wildman–Crippen LogP) is 1.97. The Balaban J connectivity index is 2.03. The number of carboxylic acids is 1. The molecule has 1 aliphatic heterocycles. The lowest BCUT2D eigenvalue weighted by atomic mass is 9.81. The topological polar surface area (TPSA) is 101 Å². The molecular formula is C18H23NO6S. The van der Waals surface area contributed by atoms with Crippen LogP contribution in [0.25, 0.3) is 0 Å². The number of fused-ring (bicyclic) bond motifs is 1. The molecule has 3 rings (SSSR count). The van der Waals surface area contributed by atoms with Crippen LogP contribution < -0.4 is 0 Å². The Morgan fingerprint density at radius 2 is 2.00 bits per heavy atom. The maximum absolute atomic E-state index is 13.2. The number of rotatable bonds is 4. The highest BCUT2D eigenvalue weighted by Gasteiger charge is 2.57. The average molecular weight is 381 g/mol. The van der Waals surface area contributed by atoms with Gasteiger partial charge in [0.25, 0.3) is 0 Å². The van der Waals surface area contributed by atoms with E-state index < -0.39 is 27.4 Å². The van der Waals surface area contributed by atoms with E-state index in [1.165, 1.54) is 17.5 Å². The zero-order valence-electron chi connectivity index (χ0n) is 15.1. The van der Waals surface area contributed by atoms with Crippen molar-refractivity contribution in [3.8, 4) is 0 Å². The summed E-state index contributed by atoms with van der Waals surface area (Å²) >= 11 is 0. The van der Waals surface area contributed by atoms with Crippen molar-refractivity contribution in [2.24, 2.45) is 11.3 Å². The third kappa shape index (κ3) is 2.72. The molecule has 2 fully saturated rings. The van der Waals surface area contributed by atoms with E-state index >= 15 is 0 Å². The summed E-state index contributed by atoms with van der Waals surface area (Å²) in [5.74, 6) is -1.70. The molecule has 0 radical (unpaired) electrons. The highest BCUT2D eigenvalue weighted by Crippen LogP contribution is 2.50. The van der Waals surface area contributed by atoms with Gasteiger partial charge in [0.2, 0.25) is 10.0 Å². The van der Waals surface area contributed by atoms with Gasteiger partial charge in [-0.15, -0.1) is 0 Å². The zero-order chi connectivity index (χ0) is 19.3. The molecule has 2 atom stereocenters. The van der Waals surface area contributed by atoms with Crippen molar-refractivity contribution in [1.29, 1.82) is 0 Å². The number of aryl methyl sites for hydroxylation is 1. The normalized spacial score (nSPS) is 25.9. The monoisotopic (exact) mass is 381 g/mol. The lowest BCUT2D eigenvalue weighted by Gasteiger charge is -2.24. The highest BCUT2D eigenvalue weighted by atomic mass is 32.2. The maximum atomic E-state index is 13.2. The number of hydrogen-bond donors (Lipinski definition) is 1. The number of nitrogens with zero attached hydrogens (tertiary/aromatic N) is 1. The van der Waals surface area contributed by atoms with Gasteiger partial charge < -0.3 is 9.84 Å². The van der Waals surface area contributed by atoms with Crippen LogP contribution in [-0.4, -0.2) is 50.0 Å². The summed E-state index contributed by atoms with van der Waals surface area (Å²) in [5, 5.41) is 9.69. The Morgan fingerprint density at radius 3 is 2.58 bits per heavy atom. The summed E-state index contributed by atoms with van der Waals surface area (Å²) in [6.07, 6.45) is 2.03. The van der Waals surface area contributed by atoms with Crippen LogP contribution >= 0.6 is 0 Å². The van der Waals surface area contributed by atoms with E-state index in [0.29, 0.717) is 17.5 Å². The molecule has 0 unspecified atom stereocenters. The first-order valence-electron chi connectivity index (χ1n) is 8.56. The molecule has 1 saturated heterocycles. The van der Waals surface area contributed by atoms with E-state index in [9.17, 15) is 23.1 Å². The summed E-state index contributed by atoms with van der Waals surface area (Å²) < 4.78 is 32.5. The molecule has 1 aliphatic carbocycles. The molecule has 7 nitrogen and oxygen atoms in total. The van der Waals surface area contributed by atoms with Crippen molar-refractivity contribution < 1.29 is 27.9 Å². The first-order valence-corrected chi connectivity index (χ1v) is 10.0. The second-order valence-corrected chi connectivity index (χ2v) is 9.16. The molecule has 8 heteroatoms. The van der Waals surface area contributed by atoms with Crippen LogP contribution in [0.4, 0.5) is 0 Å². The molecular weight excluding hydrogens is 358 g/mol. The summed E-state index contributed by atoms with van der Waals surface area (Å²) in [7, 11) is -2.67. The summed E-state index contributed by atoms with van der Waals surface area (Å²) in [6, 6.07) is 2.92. The Morgan fingerprint density at radius 1 is 1.31 bits per heavy atom. The second-order valence-electron chi connectivity index (χ2n) is 7.26. The van der Waals surface area contributed by atoms with Crippen molar-refractivity contribution in [3.05, 3.63) is 28.8 Å². The van der Waals surface area contributed by atoms with Gasteiger partial charge in [-0.25, -0.2) is 13.2 Å². The van der Waals surface area contributed by atoms with E-state index in [1.54, 1.807) is 19.9 Å². The molecule has 1 heterocycles. The zero-order valence-corrected chi connectivity index (χ0v) is 15.9. The number of carboxylic acid groups (broad SMARTS) is 1. The van der Waals surface area contributed by atoms with Crippen LogP contribution in [0.15, 0.2) is 17.0 Å². The van der Waals surface area contributed by atoms with E-state index in [-0.39, 0.29) is 29.5 Å². The second kappa shape index (κ2) is 6.35. The fourth-order valence-electron chi connectivity index (χ4n) is 4.25. The number of hydrogen-bond acceptors (Lipinski definition) is 5. The molecule has 0 bridgehead atoms. The van der Waals surface area contributed by atoms with Gasteiger partial charge in [0.15, 0.2) is 0 Å². The van der Waals surface area contributed by atoms with E-state index in [4.69, 9.17) is 4.74 Å². The van der Waals surface area contributed by atoms with Crippen molar-refractivity contribution >= 4 is 22.0 Å². The Kier molecular flexibility index (Phi) is 4.60. The number of aliphatic carboxylic acids is 1. The Labute approximate surface area is 153 Å². The van der Waals surface area contributed by atoms with Gasteiger partial charge in [-0.2, -0.15) is 4.31 Å². The minimum atomic E-state index is -3.91. The van der Waals surface area contributed by atoms with Crippen LogP contribution in [0.1, 0.15) is 40.7 Å². The van der Waals surface area contributed by atoms with Crippen molar-refractivity contribution in [2.75, 3.05) is 20.2 Å². The predicted molar refractivity (Wildman–Crippen MR) is 93.4 cm³/mol. The molecule has 0 spiro atoms. The first-order chi connectivity index (χ1) is 12.1. The van der Waals surface area contributed by atoms with Crippen molar-refractivity contribution in [3.63, 3.8) is 0 Å². The van der Waals surface area contributed by atoms with Crippen LogP contribution in [0.5, 0.6) is 0 Å². The lowest BCUT2D eigenvalue weighted by molar-refractivity contribution is -0.149. The van der Waals surface area contributed by atoms with Gasteiger partial charge >= 0.3 is 11.9 Å². The van der Waals surface area contributed by atoms with Crippen LogP contribution in [0, 0.1) is 25.2 Å². The molecule has 1 saturated carbocycles. The number of methoxy groups -OCH3 is 1. The van der Waals surface area contributed by atoms with E-state index in [2.05, 4.69) is 0 Å². The van der Waals surface area contributed by atoms with Crippen LogP contribution in [0.3, 0.4) is 0 Å².